The molecule has 0 aromatic carbocycles. The molecule has 5 rings (SSSR count). The Morgan fingerprint density at radius 2 is 1.00 bits per heavy atom. The van der Waals surface area contributed by atoms with Gasteiger partial charge in [0.1, 0.15) is 0 Å². The average molecular weight is 710 g/mol. The molecule has 3 aromatic rings. The molecule has 1 radical (unpaired) electrons. The minimum atomic E-state index is 0. The Bertz CT molecular complexity index is 1190. The summed E-state index contributed by atoms with van der Waals surface area (Å²) < 4.78 is 0. The number of aromatic amines is 2. The zero-order chi connectivity index (χ0) is 26.4. The van der Waals surface area contributed by atoms with E-state index >= 15 is 0 Å². The summed E-state index contributed by atoms with van der Waals surface area (Å²) in [4.78, 5) is 16.0. The third kappa shape index (κ3) is 10.7. The van der Waals surface area contributed by atoms with Gasteiger partial charge in [0.15, 0.2) is 0 Å². The predicted molar refractivity (Wildman–Crippen MR) is 160 cm³/mol. The van der Waals surface area contributed by atoms with Crippen LogP contribution in [0.4, 0.5) is 0 Å². The average Bonchev–Trinajstić information content (AvgIpc) is 3.72. The SMILES string of the molecule is C1=Cc2cc3ccc(cc4nc(cc5ccc(cc1n2)[nH]5)C=C4)[nH]3.CCCCCCCCCCNNNN.[Au]. The first-order chi connectivity index (χ1) is 18.7. The van der Waals surface area contributed by atoms with E-state index in [1.165, 1.54) is 51.4 Å². The van der Waals surface area contributed by atoms with E-state index < -0.39 is 0 Å². The van der Waals surface area contributed by atoms with Gasteiger partial charge >= 0.3 is 0 Å². The van der Waals surface area contributed by atoms with Crippen LogP contribution in [0.3, 0.4) is 0 Å². The molecule has 0 saturated heterocycles. The molecule has 5 heterocycles. The molecule has 7 N–H and O–H groups in total. The number of nitrogens with one attached hydrogen (secondary N) is 5. The van der Waals surface area contributed by atoms with E-state index in [9.17, 15) is 0 Å². The largest absolute Gasteiger partial charge is 0.355 e. The Morgan fingerprint density at radius 1 is 0.615 bits per heavy atom. The fourth-order valence-corrected chi connectivity index (χ4v) is 4.40. The Kier molecular flexibility index (Phi) is 13.4. The molecule has 0 spiro atoms. The Labute approximate surface area is 246 Å². The fourth-order valence-electron chi connectivity index (χ4n) is 4.40. The second-order valence-corrected chi connectivity index (χ2v) is 9.58. The third-order valence-electron chi connectivity index (χ3n) is 6.36. The maximum absolute atomic E-state index is 5.01. The molecule has 8 nitrogen and oxygen atoms in total. The second-order valence-electron chi connectivity index (χ2n) is 9.58. The molecule has 211 valence electrons. The third-order valence-corrected chi connectivity index (χ3v) is 6.36. The van der Waals surface area contributed by atoms with Gasteiger partial charge in [-0.2, -0.15) is 11.1 Å². The smallest absolute Gasteiger partial charge is 0.0658 e. The van der Waals surface area contributed by atoms with Crippen LogP contribution in [0.2, 0.25) is 0 Å². The molecule has 2 aliphatic heterocycles. The van der Waals surface area contributed by atoms with Gasteiger partial charge in [-0.05, 0) is 79.3 Å². The molecule has 3 aromatic heterocycles. The summed E-state index contributed by atoms with van der Waals surface area (Å²) in [6, 6.07) is 16.4. The molecule has 2 aliphatic rings. The number of hydrazine groups is 3. The monoisotopic (exact) mass is 709 g/mol. The first kappa shape index (κ1) is 30.7. The number of fused-ring (bicyclic) bond motifs is 8. The van der Waals surface area contributed by atoms with Crippen LogP contribution in [0.1, 0.15) is 81.1 Å². The van der Waals surface area contributed by atoms with Crippen molar-refractivity contribution in [2.24, 2.45) is 5.84 Å². The summed E-state index contributed by atoms with van der Waals surface area (Å²) in [5.74, 6) is 5.01. The van der Waals surface area contributed by atoms with E-state index in [2.05, 4.69) is 67.6 Å². The van der Waals surface area contributed by atoms with Crippen LogP contribution in [0.5, 0.6) is 0 Å². The van der Waals surface area contributed by atoms with Crippen LogP contribution in [0.25, 0.3) is 46.4 Å². The van der Waals surface area contributed by atoms with Crippen molar-refractivity contribution in [3.63, 3.8) is 0 Å². The summed E-state index contributed by atoms with van der Waals surface area (Å²) in [6.45, 7) is 3.23. The van der Waals surface area contributed by atoms with E-state index in [-0.39, 0.29) is 22.4 Å². The molecule has 0 aliphatic carbocycles. The van der Waals surface area contributed by atoms with Crippen LogP contribution in [0.15, 0.2) is 48.5 Å². The Balaban J connectivity index is 0.000000245. The van der Waals surface area contributed by atoms with Crippen molar-refractivity contribution in [2.75, 3.05) is 6.54 Å². The number of unbranched alkanes of at least 4 members (excludes halogenated alkanes) is 7. The van der Waals surface area contributed by atoms with E-state index in [1.807, 2.05) is 48.6 Å². The predicted octanol–water partition coefficient (Wildman–Crippen LogP) is 6.25. The summed E-state index contributed by atoms with van der Waals surface area (Å²) in [7, 11) is 0. The van der Waals surface area contributed by atoms with E-state index in [1.54, 1.807) is 0 Å². The summed E-state index contributed by atoms with van der Waals surface area (Å²) >= 11 is 0. The summed E-state index contributed by atoms with van der Waals surface area (Å²) in [5.41, 5.74) is 15.8. The second kappa shape index (κ2) is 17.0. The molecule has 39 heavy (non-hydrogen) atoms. The van der Waals surface area contributed by atoms with E-state index in [0.717, 1.165) is 51.4 Å². The summed E-state index contributed by atoms with van der Waals surface area (Å²) in [6.07, 6.45) is 18.9. The molecule has 0 fully saturated rings. The summed E-state index contributed by atoms with van der Waals surface area (Å²) in [5, 5.41) is 0. The Morgan fingerprint density at radius 3 is 1.38 bits per heavy atom. The molecule has 9 heteroatoms. The van der Waals surface area contributed by atoms with Crippen LogP contribution >= 0.6 is 0 Å². The van der Waals surface area contributed by atoms with Crippen molar-refractivity contribution >= 4 is 46.4 Å². The van der Waals surface area contributed by atoms with Gasteiger partial charge in [-0.15, -0.1) is 0 Å². The molecule has 0 saturated carbocycles. The van der Waals surface area contributed by atoms with Gasteiger partial charge in [0, 0.05) is 51.0 Å². The number of hydrogen-bond donors (Lipinski definition) is 6. The normalized spacial score (nSPS) is 11.6. The maximum atomic E-state index is 5.01. The van der Waals surface area contributed by atoms with Crippen molar-refractivity contribution in [2.45, 2.75) is 58.3 Å². The van der Waals surface area contributed by atoms with Crippen LogP contribution in [-0.4, -0.2) is 26.5 Å². The Hall–Kier alpha value is -2.82. The zero-order valence-corrected chi connectivity index (χ0v) is 24.7. The van der Waals surface area contributed by atoms with E-state index in [4.69, 9.17) is 5.84 Å². The quantitative estimate of drug-likeness (QED) is 0.0418. The van der Waals surface area contributed by atoms with Gasteiger partial charge in [-0.1, -0.05) is 51.9 Å². The maximum Gasteiger partial charge on any atom is 0.0658 e. The molecule has 0 unspecified atom stereocenters. The molecular formula is C30H40AuN8. The molecule has 0 amide bonds. The number of hydrogen-bond acceptors (Lipinski definition) is 6. The minimum absolute atomic E-state index is 0. The first-order valence-electron chi connectivity index (χ1n) is 13.7. The van der Waals surface area contributed by atoms with Gasteiger partial charge < -0.3 is 9.97 Å². The van der Waals surface area contributed by atoms with Crippen molar-refractivity contribution in [3.05, 3.63) is 71.3 Å². The first-order valence-corrected chi connectivity index (χ1v) is 13.7. The van der Waals surface area contributed by atoms with Gasteiger partial charge in [0.25, 0.3) is 0 Å². The number of nitrogens with zero attached hydrogens (tertiary/aromatic N) is 2. The number of nitrogens with two attached hydrogens (primary N) is 1. The van der Waals surface area contributed by atoms with Gasteiger partial charge in [-0.3, -0.25) is 5.84 Å². The van der Waals surface area contributed by atoms with Gasteiger partial charge in [0.2, 0.25) is 0 Å². The minimum Gasteiger partial charge on any atom is -0.355 e. The van der Waals surface area contributed by atoms with Gasteiger partial charge in [-0.25, -0.2) is 15.4 Å². The zero-order valence-electron chi connectivity index (χ0n) is 22.6. The number of H-pyrrole nitrogens is 2. The molecule has 0 atom stereocenters. The van der Waals surface area contributed by atoms with Crippen LogP contribution in [0, 0.1) is 0 Å². The van der Waals surface area contributed by atoms with Crippen molar-refractivity contribution < 1.29 is 22.4 Å². The fraction of sp³-hybridized carbons (Fsp3) is 0.333. The van der Waals surface area contributed by atoms with E-state index in [0.29, 0.717) is 0 Å². The van der Waals surface area contributed by atoms with Crippen LogP contribution in [-0.2, 0) is 22.4 Å². The molecule has 8 bridgehead atoms. The van der Waals surface area contributed by atoms with Gasteiger partial charge in [0.05, 0.1) is 22.8 Å². The number of rotatable bonds is 11. The number of aromatic nitrogens is 4. The van der Waals surface area contributed by atoms with Crippen molar-refractivity contribution in [1.82, 2.24) is 36.4 Å². The molecular weight excluding hydrogens is 669 g/mol. The standard InChI is InChI=1S/C20H14N4.C10H26N4.Au/c1-2-14-10-16-5-6-18(23-16)12-20-8-7-19(24-20)11-17-4-3-15(22-17)9-13(1)21-14;1-2-3-4-5-6-7-8-9-10-12-14-13-11;/h1-12,21,24H;12-14H,2-11H2,1H3;. The van der Waals surface area contributed by atoms with Crippen LogP contribution < -0.4 is 22.3 Å². The van der Waals surface area contributed by atoms with Crippen molar-refractivity contribution in [1.29, 1.82) is 0 Å². The topological polar surface area (TPSA) is 119 Å². The van der Waals surface area contributed by atoms with Crippen molar-refractivity contribution in [3.8, 4) is 0 Å².